The van der Waals surface area contributed by atoms with Gasteiger partial charge in [-0.25, -0.2) is 0 Å². The number of hydrogen-bond acceptors (Lipinski definition) is 4. The van der Waals surface area contributed by atoms with Crippen molar-refractivity contribution in [2.45, 2.75) is 19.4 Å². The van der Waals surface area contributed by atoms with Crippen LogP contribution in [-0.2, 0) is 13.0 Å². The van der Waals surface area contributed by atoms with Crippen LogP contribution < -0.4 is 14.8 Å². The van der Waals surface area contributed by atoms with E-state index in [1.165, 1.54) is 15.6 Å². The smallest absolute Gasteiger partial charge is 0.162 e. The average Bonchev–Trinajstić information content (AvgIpc) is 3.17. The van der Waals surface area contributed by atoms with Crippen molar-refractivity contribution in [3.8, 4) is 23.8 Å². The zero-order valence-electron chi connectivity index (χ0n) is 15.2. The maximum Gasteiger partial charge on any atom is 0.162 e. The van der Waals surface area contributed by atoms with Crippen molar-refractivity contribution in [3.05, 3.63) is 59.0 Å². The van der Waals surface area contributed by atoms with Gasteiger partial charge in [0.15, 0.2) is 11.5 Å². The zero-order chi connectivity index (χ0) is 19.1. The second kappa shape index (κ2) is 9.40. The third kappa shape index (κ3) is 5.22. The van der Waals surface area contributed by atoms with Crippen LogP contribution in [0.25, 0.3) is 10.1 Å². The van der Waals surface area contributed by atoms with Crippen molar-refractivity contribution in [2.24, 2.45) is 0 Å². The highest BCUT2D eigenvalue weighted by atomic mass is 32.1. The van der Waals surface area contributed by atoms with Crippen LogP contribution in [0.1, 0.15) is 17.5 Å². The number of methoxy groups -OCH3 is 1. The second-order valence-corrected chi connectivity index (χ2v) is 7.49. The number of thiocarbonyl (C=S) groups is 1. The molecule has 0 fully saturated rings. The Morgan fingerprint density at radius 2 is 2.00 bits per heavy atom. The van der Waals surface area contributed by atoms with Crippen molar-refractivity contribution in [1.29, 1.82) is 0 Å². The molecular weight excluding hydrogens is 374 g/mol. The quantitative estimate of drug-likeness (QED) is 0.431. The number of benzene rings is 2. The van der Waals surface area contributed by atoms with E-state index in [1.807, 2.05) is 18.2 Å². The zero-order valence-corrected chi connectivity index (χ0v) is 16.8. The van der Waals surface area contributed by atoms with E-state index in [2.05, 4.69) is 40.9 Å². The summed E-state index contributed by atoms with van der Waals surface area (Å²) in [6.07, 6.45) is 6.85. The van der Waals surface area contributed by atoms with Gasteiger partial charge in [0.2, 0.25) is 0 Å². The average molecular weight is 396 g/mol. The molecule has 0 atom stereocenters. The molecular formula is C22H21NO2S2. The standard InChI is InChI=1S/C22H21NO2S2/c1-3-11-25-19-7-4-16(14-20(19)24-2)6-9-22(26)23-15-17-5-8-21-18(13-17)10-12-27-21/h1,4-5,7-8,10,12-14H,6,9,11,15H2,2H3,(H,23,26). The fourth-order valence-electron chi connectivity index (χ4n) is 2.78. The molecule has 0 saturated carbocycles. The van der Waals surface area contributed by atoms with Crippen molar-refractivity contribution in [3.63, 3.8) is 0 Å². The molecule has 138 valence electrons. The monoisotopic (exact) mass is 395 g/mol. The molecule has 1 heterocycles. The molecule has 1 aromatic heterocycles. The molecule has 1 N–H and O–H groups in total. The number of ether oxygens (including phenoxy) is 2. The van der Waals surface area contributed by atoms with Crippen LogP contribution in [0.15, 0.2) is 47.8 Å². The van der Waals surface area contributed by atoms with Crippen LogP contribution >= 0.6 is 23.6 Å². The molecule has 0 aliphatic rings. The highest BCUT2D eigenvalue weighted by molar-refractivity contribution is 7.80. The van der Waals surface area contributed by atoms with Gasteiger partial charge in [-0.2, -0.15) is 0 Å². The fourth-order valence-corrected chi connectivity index (χ4v) is 3.72. The molecule has 0 spiro atoms. The Morgan fingerprint density at radius 1 is 1.15 bits per heavy atom. The maximum atomic E-state index is 5.49. The number of rotatable bonds is 8. The molecule has 0 aliphatic carbocycles. The minimum absolute atomic E-state index is 0.223. The van der Waals surface area contributed by atoms with E-state index in [4.69, 9.17) is 28.1 Å². The molecule has 5 heteroatoms. The van der Waals surface area contributed by atoms with E-state index in [1.54, 1.807) is 18.4 Å². The van der Waals surface area contributed by atoms with Crippen LogP contribution in [0, 0.1) is 12.3 Å². The lowest BCUT2D eigenvalue weighted by Gasteiger charge is -2.12. The van der Waals surface area contributed by atoms with Gasteiger partial charge in [0.25, 0.3) is 0 Å². The highest BCUT2D eigenvalue weighted by Crippen LogP contribution is 2.28. The van der Waals surface area contributed by atoms with Gasteiger partial charge in [-0.3, -0.25) is 0 Å². The number of aryl methyl sites for hydroxylation is 1. The number of fused-ring (bicyclic) bond motifs is 1. The van der Waals surface area contributed by atoms with Gasteiger partial charge in [0, 0.05) is 17.7 Å². The first kappa shape index (κ1) is 19.2. The highest BCUT2D eigenvalue weighted by Gasteiger charge is 2.07. The lowest BCUT2D eigenvalue weighted by Crippen LogP contribution is -2.21. The summed E-state index contributed by atoms with van der Waals surface area (Å²) in [7, 11) is 1.62. The van der Waals surface area contributed by atoms with E-state index in [0.717, 1.165) is 29.9 Å². The lowest BCUT2D eigenvalue weighted by molar-refractivity contribution is 0.330. The molecule has 3 rings (SSSR count). The maximum absolute atomic E-state index is 5.49. The predicted octanol–water partition coefficient (Wildman–Crippen LogP) is 4.97. The van der Waals surface area contributed by atoms with Crippen LogP contribution in [0.3, 0.4) is 0 Å². The summed E-state index contributed by atoms with van der Waals surface area (Å²) in [5, 5.41) is 6.75. The van der Waals surface area contributed by atoms with Crippen molar-refractivity contribution < 1.29 is 9.47 Å². The molecule has 27 heavy (non-hydrogen) atoms. The molecule has 0 unspecified atom stereocenters. The Balaban J connectivity index is 1.51. The van der Waals surface area contributed by atoms with Crippen LogP contribution in [0.2, 0.25) is 0 Å². The molecule has 0 bridgehead atoms. The van der Waals surface area contributed by atoms with Gasteiger partial charge in [0.05, 0.1) is 12.1 Å². The summed E-state index contributed by atoms with van der Waals surface area (Å²) in [5.41, 5.74) is 2.38. The molecule has 0 radical (unpaired) electrons. The Labute approximate surface area is 169 Å². The summed E-state index contributed by atoms with van der Waals surface area (Å²) < 4.78 is 12.2. The number of thiophene rings is 1. The lowest BCUT2D eigenvalue weighted by atomic mass is 10.1. The van der Waals surface area contributed by atoms with E-state index >= 15 is 0 Å². The summed E-state index contributed by atoms with van der Waals surface area (Å²) in [5.74, 6) is 3.80. The van der Waals surface area contributed by atoms with E-state index in [-0.39, 0.29) is 6.61 Å². The normalized spacial score (nSPS) is 10.4. The van der Waals surface area contributed by atoms with Crippen LogP contribution in [-0.4, -0.2) is 18.7 Å². The van der Waals surface area contributed by atoms with Gasteiger partial charge in [-0.05, 0) is 58.6 Å². The SMILES string of the molecule is C#CCOc1ccc(CCC(=S)NCc2ccc3sccc3c2)cc1OC. The van der Waals surface area contributed by atoms with Gasteiger partial charge in [0.1, 0.15) is 6.61 Å². The van der Waals surface area contributed by atoms with Gasteiger partial charge in [-0.1, -0.05) is 30.3 Å². The topological polar surface area (TPSA) is 30.5 Å². The van der Waals surface area contributed by atoms with E-state index in [9.17, 15) is 0 Å². The van der Waals surface area contributed by atoms with E-state index < -0.39 is 0 Å². The largest absolute Gasteiger partial charge is 0.493 e. The summed E-state index contributed by atoms with van der Waals surface area (Å²) in [6.45, 7) is 0.966. The Hall–Kier alpha value is -2.55. The number of hydrogen-bond donors (Lipinski definition) is 1. The first-order valence-electron chi connectivity index (χ1n) is 8.65. The Bertz CT molecular complexity index is 972. The Morgan fingerprint density at radius 3 is 2.81 bits per heavy atom. The van der Waals surface area contributed by atoms with Gasteiger partial charge >= 0.3 is 0 Å². The first-order valence-corrected chi connectivity index (χ1v) is 9.94. The van der Waals surface area contributed by atoms with Crippen molar-refractivity contribution >= 4 is 38.6 Å². The molecule has 0 amide bonds. The van der Waals surface area contributed by atoms with Crippen LogP contribution in [0.5, 0.6) is 11.5 Å². The summed E-state index contributed by atoms with van der Waals surface area (Å²) >= 11 is 7.25. The molecule has 3 aromatic rings. The Kier molecular flexibility index (Phi) is 6.69. The van der Waals surface area contributed by atoms with Crippen molar-refractivity contribution in [1.82, 2.24) is 5.32 Å². The minimum atomic E-state index is 0.223. The third-order valence-corrected chi connectivity index (χ3v) is 5.43. The summed E-state index contributed by atoms with van der Waals surface area (Å²) in [6, 6.07) is 14.5. The number of terminal acetylenes is 1. The fraction of sp³-hybridized carbons (Fsp3) is 0.227. The molecule has 0 aliphatic heterocycles. The first-order chi connectivity index (χ1) is 13.2. The van der Waals surface area contributed by atoms with Crippen molar-refractivity contribution in [2.75, 3.05) is 13.7 Å². The summed E-state index contributed by atoms with van der Waals surface area (Å²) in [4.78, 5) is 0.854. The molecule has 3 nitrogen and oxygen atoms in total. The second-order valence-electron chi connectivity index (χ2n) is 6.05. The van der Waals surface area contributed by atoms with Gasteiger partial charge < -0.3 is 14.8 Å². The van der Waals surface area contributed by atoms with Gasteiger partial charge in [-0.15, -0.1) is 17.8 Å². The number of nitrogens with one attached hydrogen (secondary N) is 1. The molecule has 0 saturated heterocycles. The van der Waals surface area contributed by atoms with Crippen LogP contribution in [0.4, 0.5) is 0 Å². The predicted molar refractivity (Wildman–Crippen MR) is 117 cm³/mol. The molecule has 2 aromatic carbocycles. The van der Waals surface area contributed by atoms with E-state index in [0.29, 0.717) is 11.5 Å². The minimum Gasteiger partial charge on any atom is -0.493 e. The third-order valence-electron chi connectivity index (χ3n) is 4.19.